The van der Waals surface area contributed by atoms with Crippen molar-refractivity contribution in [1.29, 1.82) is 0 Å². The van der Waals surface area contributed by atoms with Crippen LogP contribution in [0.3, 0.4) is 0 Å². The molecule has 1 saturated heterocycles. The van der Waals surface area contributed by atoms with Gasteiger partial charge in [-0.25, -0.2) is 9.37 Å². The van der Waals surface area contributed by atoms with Crippen molar-refractivity contribution in [2.45, 2.75) is 50.9 Å². The molecule has 1 saturated carbocycles. The predicted octanol–water partition coefficient (Wildman–Crippen LogP) is 4.46. The van der Waals surface area contributed by atoms with Gasteiger partial charge in [0, 0.05) is 49.1 Å². The van der Waals surface area contributed by atoms with Gasteiger partial charge in [-0.1, -0.05) is 30.0 Å². The third kappa shape index (κ3) is 6.83. The van der Waals surface area contributed by atoms with Crippen molar-refractivity contribution >= 4 is 47.1 Å². The average Bonchev–Trinajstić information content (AvgIpc) is 3.58. The number of benzene rings is 1. The lowest BCUT2D eigenvalue weighted by Crippen LogP contribution is -2.43. The molecule has 1 aliphatic heterocycles. The Morgan fingerprint density at radius 3 is 2.67 bits per heavy atom. The molecule has 7 nitrogen and oxygen atoms in total. The number of ether oxygens (including phenoxy) is 1. The summed E-state index contributed by atoms with van der Waals surface area (Å²) in [6, 6.07) is 5.79. The van der Waals surface area contributed by atoms with Crippen molar-refractivity contribution < 1.29 is 23.5 Å². The summed E-state index contributed by atoms with van der Waals surface area (Å²) in [4.78, 5) is 43.7. The van der Waals surface area contributed by atoms with Crippen LogP contribution in [-0.4, -0.2) is 56.3 Å². The molecule has 2 aliphatic rings. The molecule has 0 bridgehead atoms. The van der Waals surface area contributed by atoms with Gasteiger partial charge in [0.05, 0.1) is 12.6 Å². The summed E-state index contributed by atoms with van der Waals surface area (Å²) in [5.41, 5.74) is 1.31. The van der Waals surface area contributed by atoms with Crippen LogP contribution < -0.4 is 0 Å². The number of hydrogen-bond donors (Lipinski definition) is 0. The van der Waals surface area contributed by atoms with E-state index in [-0.39, 0.29) is 52.8 Å². The van der Waals surface area contributed by atoms with Crippen molar-refractivity contribution in [3.8, 4) is 0 Å². The first-order valence-electron chi connectivity index (χ1n) is 11.9. The summed E-state index contributed by atoms with van der Waals surface area (Å²) < 4.78 is 21.6. The second kappa shape index (κ2) is 12.7. The van der Waals surface area contributed by atoms with E-state index in [1.807, 2.05) is 11.0 Å². The zero-order valence-electron chi connectivity index (χ0n) is 20.4. The van der Waals surface area contributed by atoms with E-state index in [2.05, 4.69) is 4.98 Å². The Bertz CT molecular complexity index is 1130. The molecule has 2 aromatic rings. The quantitative estimate of drug-likeness (QED) is 0.438. The number of piperidine rings is 1. The van der Waals surface area contributed by atoms with Gasteiger partial charge < -0.3 is 9.30 Å². The van der Waals surface area contributed by atoms with E-state index >= 15 is 0 Å². The van der Waals surface area contributed by atoms with Crippen molar-refractivity contribution in [2.75, 3.05) is 19.7 Å². The van der Waals surface area contributed by atoms with Crippen LogP contribution in [0.15, 0.2) is 42.2 Å². The molecular weight excluding hydrogens is 505 g/mol. The van der Waals surface area contributed by atoms with Crippen LogP contribution in [0.1, 0.15) is 50.5 Å². The van der Waals surface area contributed by atoms with Crippen LogP contribution in [0.5, 0.6) is 0 Å². The maximum absolute atomic E-state index is 14.8. The van der Waals surface area contributed by atoms with Gasteiger partial charge in [0.1, 0.15) is 18.2 Å². The maximum Gasteiger partial charge on any atom is 0.325 e. The average molecular weight is 536 g/mol. The molecule has 36 heavy (non-hydrogen) atoms. The van der Waals surface area contributed by atoms with E-state index in [9.17, 15) is 18.8 Å². The number of ketones is 1. The van der Waals surface area contributed by atoms with Gasteiger partial charge in [0.25, 0.3) is 0 Å². The van der Waals surface area contributed by atoms with Gasteiger partial charge in [0.15, 0.2) is 10.9 Å². The van der Waals surface area contributed by atoms with Crippen LogP contribution in [0.25, 0.3) is 6.08 Å². The fourth-order valence-corrected chi connectivity index (χ4v) is 5.42. The first kappa shape index (κ1) is 28.1. The summed E-state index contributed by atoms with van der Waals surface area (Å²) in [6.45, 7) is 4.58. The highest BCUT2D eigenvalue weighted by Gasteiger charge is 2.41. The zero-order chi connectivity index (χ0) is 24.9. The smallest absolute Gasteiger partial charge is 0.325 e. The molecule has 1 aliphatic carbocycles. The summed E-state index contributed by atoms with van der Waals surface area (Å²) in [5.74, 6) is -0.155. The van der Waals surface area contributed by atoms with E-state index in [4.69, 9.17) is 4.74 Å². The topological polar surface area (TPSA) is 81.5 Å². The van der Waals surface area contributed by atoms with Gasteiger partial charge in [-0.15, -0.1) is 12.4 Å². The SMILES string of the molecule is CCOC(=O)Cn1ccnc1C=C1CN(C(C(=O)C2CC2)c2ccccc2F)CCC1SC(C)=O.Cl. The number of carbonyl (C=O) groups excluding carboxylic acids is 3. The Balaban J connectivity index is 0.00000361. The third-order valence-electron chi connectivity index (χ3n) is 6.27. The molecule has 0 N–H and O–H groups in total. The molecular formula is C26H31ClFN3O4S. The van der Waals surface area contributed by atoms with Crippen LogP contribution in [0.4, 0.5) is 4.39 Å². The second-order valence-corrected chi connectivity index (χ2v) is 10.3. The van der Waals surface area contributed by atoms with E-state index < -0.39 is 6.04 Å². The third-order valence-corrected chi connectivity index (χ3v) is 7.42. The Morgan fingerprint density at radius 2 is 2.00 bits per heavy atom. The van der Waals surface area contributed by atoms with Crippen molar-refractivity contribution in [1.82, 2.24) is 14.5 Å². The largest absolute Gasteiger partial charge is 0.465 e. The highest BCUT2D eigenvalue weighted by Crippen LogP contribution is 2.40. The number of hydrogen-bond acceptors (Lipinski definition) is 7. The minimum Gasteiger partial charge on any atom is -0.465 e. The summed E-state index contributed by atoms with van der Waals surface area (Å²) >= 11 is 1.25. The molecule has 2 fully saturated rings. The van der Waals surface area contributed by atoms with Gasteiger partial charge >= 0.3 is 5.97 Å². The molecule has 2 heterocycles. The zero-order valence-corrected chi connectivity index (χ0v) is 22.0. The number of likely N-dealkylation sites (tertiary alicyclic amines) is 1. The highest BCUT2D eigenvalue weighted by atomic mass is 35.5. The lowest BCUT2D eigenvalue weighted by Gasteiger charge is -2.38. The summed E-state index contributed by atoms with van der Waals surface area (Å²) in [5, 5.41) is -0.0854. The molecule has 2 atom stereocenters. The highest BCUT2D eigenvalue weighted by molar-refractivity contribution is 8.14. The Kier molecular flexibility index (Phi) is 9.87. The molecule has 1 aromatic heterocycles. The Labute approximate surface area is 220 Å². The summed E-state index contributed by atoms with van der Waals surface area (Å²) in [6.07, 6.45) is 7.51. The van der Waals surface area contributed by atoms with Crippen LogP contribution in [-0.2, 0) is 25.7 Å². The fourth-order valence-electron chi connectivity index (χ4n) is 4.50. The van der Waals surface area contributed by atoms with Gasteiger partial charge in [-0.05, 0) is 43.9 Å². The van der Waals surface area contributed by atoms with Crippen LogP contribution >= 0.6 is 24.2 Å². The second-order valence-electron chi connectivity index (χ2n) is 8.90. The van der Waals surface area contributed by atoms with Crippen LogP contribution in [0, 0.1) is 11.7 Å². The maximum atomic E-state index is 14.8. The molecule has 0 radical (unpaired) electrons. The number of thioether (sulfide) groups is 1. The number of aromatic nitrogens is 2. The molecule has 0 spiro atoms. The van der Waals surface area contributed by atoms with Gasteiger partial charge in [-0.3, -0.25) is 19.3 Å². The minimum atomic E-state index is -0.672. The standard InChI is InChI=1S/C26H30FN3O4S.ClH/c1-3-34-24(32)16-29-13-11-28-23(29)14-19-15-30(12-10-22(19)35-17(2)31)25(26(33)18-8-9-18)20-6-4-5-7-21(20)27;/h4-7,11,13-14,18,22,25H,3,8-10,12,15-16H2,1-2H3;1H. The van der Waals surface area contributed by atoms with Crippen molar-refractivity contribution in [3.63, 3.8) is 0 Å². The van der Waals surface area contributed by atoms with Crippen LogP contribution in [0.2, 0.25) is 0 Å². The number of esters is 1. The minimum absolute atomic E-state index is 0. The van der Waals surface area contributed by atoms with Gasteiger partial charge in [0.2, 0.25) is 0 Å². The number of halogens is 2. The number of nitrogens with zero attached hydrogens (tertiary/aromatic N) is 3. The van der Waals surface area contributed by atoms with Crippen molar-refractivity contribution in [2.24, 2.45) is 5.92 Å². The number of imidazole rings is 1. The Hall–Kier alpha value is -2.49. The lowest BCUT2D eigenvalue weighted by molar-refractivity contribution is -0.143. The van der Waals surface area contributed by atoms with E-state index in [0.717, 1.165) is 18.4 Å². The first-order chi connectivity index (χ1) is 16.9. The Morgan fingerprint density at radius 1 is 1.25 bits per heavy atom. The van der Waals surface area contributed by atoms with Gasteiger partial charge in [-0.2, -0.15) is 0 Å². The fraction of sp³-hybridized carbons (Fsp3) is 0.462. The molecule has 0 amide bonds. The van der Waals surface area contributed by atoms with Crippen molar-refractivity contribution in [3.05, 3.63) is 59.4 Å². The monoisotopic (exact) mass is 535 g/mol. The first-order valence-corrected chi connectivity index (χ1v) is 12.8. The molecule has 4 rings (SSSR count). The molecule has 1 aromatic carbocycles. The number of rotatable bonds is 9. The van der Waals surface area contributed by atoms with E-state index in [0.29, 0.717) is 37.5 Å². The summed E-state index contributed by atoms with van der Waals surface area (Å²) in [7, 11) is 0. The lowest BCUT2D eigenvalue weighted by atomic mass is 9.93. The molecule has 10 heteroatoms. The van der Waals surface area contributed by atoms with E-state index in [1.165, 1.54) is 24.8 Å². The number of Topliss-reactive ketones (excluding diaryl/α,β-unsaturated/α-hetero) is 1. The molecule has 194 valence electrons. The molecule has 2 unspecified atom stereocenters. The number of carbonyl (C=O) groups is 3. The van der Waals surface area contributed by atoms with E-state index in [1.54, 1.807) is 42.1 Å². The normalized spacial score (nSPS) is 20.0. The predicted molar refractivity (Wildman–Crippen MR) is 139 cm³/mol.